The Hall–Kier alpha value is -1.45. The summed E-state index contributed by atoms with van der Waals surface area (Å²) < 4.78 is 10.8. The molecule has 96 valence electrons. The van der Waals surface area contributed by atoms with E-state index >= 15 is 0 Å². The fraction of sp³-hybridized carbons (Fsp3) is 0.400. The number of ether oxygens (including phenoxy) is 2. The number of pyridine rings is 1. The van der Waals surface area contributed by atoms with Crippen LogP contribution in [0.25, 0.3) is 5.57 Å². The van der Waals surface area contributed by atoms with Gasteiger partial charge in [-0.25, -0.2) is 0 Å². The normalized spacial score (nSPS) is 22.9. The van der Waals surface area contributed by atoms with E-state index in [0.29, 0.717) is 13.2 Å². The number of allylic oxidation sites excluding steroid dienone is 2. The molecule has 0 saturated heterocycles. The Kier molecular flexibility index (Phi) is 4.28. The van der Waals surface area contributed by atoms with Gasteiger partial charge in [0.2, 0.25) is 0 Å². The third-order valence-corrected chi connectivity index (χ3v) is 3.02. The highest BCUT2D eigenvalue weighted by molar-refractivity contribution is 5.73. The average molecular weight is 245 g/mol. The number of hydrogen-bond donors (Lipinski definition) is 0. The van der Waals surface area contributed by atoms with Gasteiger partial charge in [-0.3, -0.25) is 4.98 Å². The van der Waals surface area contributed by atoms with Crippen LogP contribution in [-0.4, -0.2) is 30.9 Å². The predicted molar refractivity (Wildman–Crippen MR) is 72.2 cm³/mol. The zero-order valence-electron chi connectivity index (χ0n) is 10.9. The third-order valence-electron chi connectivity index (χ3n) is 3.02. The van der Waals surface area contributed by atoms with Gasteiger partial charge in [0.05, 0.1) is 24.5 Å². The molecule has 0 saturated carbocycles. The third kappa shape index (κ3) is 3.28. The fourth-order valence-corrected chi connectivity index (χ4v) is 1.90. The van der Waals surface area contributed by atoms with Crippen LogP contribution in [0.1, 0.15) is 19.0 Å². The standard InChI is InChI=1S/C15H19NO2/c1-15(18-12-11-17-2)8-6-13(7-9-15)14-5-3-4-10-16-14/h3-8,10H,9,11-12H2,1-2H3. The molecule has 1 aliphatic rings. The minimum Gasteiger partial charge on any atom is -0.382 e. The van der Waals surface area contributed by atoms with Crippen molar-refractivity contribution in [1.29, 1.82) is 0 Å². The Morgan fingerprint density at radius 3 is 2.83 bits per heavy atom. The van der Waals surface area contributed by atoms with E-state index in [9.17, 15) is 0 Å². The monoisotopic (exact) mass is 245 g/mol. The summed E-state index contributed by atoms with van der Waals surface area (Å²) in [7, 11) is 1.68. The first-order valence-electron chi connectivity index (χ1n) is 6.17. The molecule has 1 atom stereocenters. The number of nitrogens with zero attached hydrogens (tertiary/aromatic N) is 1. The molecule has 0 aliphatic heterocycles. The summed E-state index contributed by atoms with van der Waals surface area (Å²) in [5.74, 6) is 0. The van der Waals surface area contributed by atoms with E-state index in [1.165, 1.54) is 0 Å². The lowest BCUT2D eigenvalue weighted by Crippen LogP contribution is -2.28. The van der Waals surface area contributed by atoms with Crippen LogP contribution in [0.15, 0.2) is 42.6 Å². The summed E-state index contributed by atoms with van der Waals surface area (Å²) in [6, 6.07) is 5.94. The van der Waals surface area contributed by atoms with Crippen molar-refractivity contribution >= 4 is 5.57 Å². The number of rotatable bonds is 5. The first-order chi connectivity index (χ1) is 8.73. The maximum absolute atomic E-state index is 5.82. The number of aromatic nitrogens is 1. The maximum atomic E-state index is 5.82. The Balaban J connectivity index is 1.98. The first-order valence-corrected chi connectivity index (χ1v) is 6.17. The minimum absolute atomic E-state index is 0.225. The van der Waals surface area contributed by atoms with Gasteiger partial charge in [0.25, 0.3) is 0 Å². The van der Waals surface area contributed by atoms with Crippen molar-refractivity contribution in [3.8, 4) is 0 Å². The zero-order chi connectivity index (χ0) is 12.8. The van der Waals surface area contributed by atoms with Crippen LogP contribution in [0.3, 0.4) is 0 Å². The molecule has 1 aliphatic carbocycles. The number of hydrogen-bond acceptors (Lipinski definition) is 3. The summed E-state index contributed by atoms with van der Waals surface area (Å²) in [4.78, 5) is 4.35. The van der Waals surface area contributed by atoms with Crippen molar-refractivity contribution in [2.24, 2.45) is 0 Å². The maximum Gasteiger partial charge on any atom is 0.0873 e. The van der Waals surface area contributed by atoms with E-state index < -0.39 is 0 Å². The highest BCUT2D eigenvalue weighted by Crippen LogP contribution is 2.28. The van der Waals surface area contributed by atoms with Gasteiger partial charge in [-0.2, -0.15) is 0 Å². The Morgan fingerprint density at radius 2 is 2.22 bits per heavy atom. The second-order valence-corrected chi connectivity index (χ2v) is 4.57. The molecule has 1 aromatic heterocycles. The van der Waals surface area contributed by atoms with E-state index in [1.807, 2.05) is 24.4 Å². The fourth-order valence-electron chi connectivity index (χ4n) is 1.90. The molecule has 2 rings (SSSR count). The van der Waals surface area contributed by atoms with Crippen LogP contribution in [0, 0.1) is 0 Å². The lowest BCUT2D eigenvalue weighted by Gasteiger charge is -2.28. The van der Waals surface area contributed by atoms with Crippen molar-refractivity contribution in [3.05, 3.63) is 48.3 Å². The van der Waals surface area contributed by atoms with Crippen molar-refractivity contribution in [2.45, 2.75) is 18.9 Å². The molecule has 1 heterocycles. The topological polar surface area (TPSA) is 31.4 Å². The van der Waals surface area contributed by atoms with Crippen LogP contribution in [0.4, 0.5) is 0 Å². The van der Waals surface area contributed by atoms with E-state index in [4.69, 9.17) is 9.47 Å². The van der Waals surface area contributed by atoms with Crippen molar-refractivity contribution in [1.82, 2.24) is 4.98 Å². The first kappa shape index (κ1) is 13.0. The van der Waals surface area contributed by atoms with Gasteiger partial charge in [-0.1, -0.05) is 24.3 Å². The molecule has 1 unspecified atom stereocenters. The van der Waals surface area contributed by atoms with Gasteiger partial charge >= 0.3 is 0 Å². The molecule has 0 N–H and O–H groups in total. The van der Waals surface area contributed by atoms with Gasteiger partial charge in [0, 0.05) is 13.3 Å². The van der Waals surface area contributed by atoms with Crippen molar-refractivity contribution in [3.63, 3.8) is 0 Å². The van der Waals surface area contributed by atoms with Gasteiger partial charge in [-0.05, 0) is 31.1 Å². The Labute approximate surface area is 108 Å². The van der Waals surface area contributed by atoms with E-state index in [-0.39, 0.29) is 5.60 Å². The summed E-state index contributed by atoms with van der Waals surface area (Å²) in [5.41, 5.74) is 1.94. The molecule has 0 fully saturated rings. The Morgan fingerprint density at radius 1 is 1.33 bits per heavy atom. The highest BCUT2D eigenvalue weighted by atomic mass is 16.5. The largest absolute Gasteiger partial charge is 0.382 e. The Bertz CT molecular complexity index is 439. The van der Waals surface area contributed by atoms with E-state index in [0.717, 1.165) is 17.7 Å². The van der Waals surface area contributed by atoms with Crippen LogP contribution in [0.5, 0.6) is 0 Å². The second-order valence-electron chi connectivity index (χ2n) is 4.57. The summed E-state index contributed by atoms with van der Waals surface area (Å²) in [6.45, 7) is 3.33. The molecule has 0 aromatic carbocycles. The smallest absolute Gasteiger partial charge is 0.0873 e. The lowest BCUT2D eigenvalue weighted by molar-refractivity contribution is -0.0188. The zero-order valence-corrected chi connectivity index (χ0v) is 10.9. The molecule has 0 spiro atoms. The van der Waals surface area contributed by atoms with Crippen molar-refractivity contribution in [2.75, 3.05) is 20.3 Å². The molecular formula is C15H19NO2. The minimum atomic E-state index is -0.225. The van der Waals surface area contributed by atoms with E-state index in [1.54, 1.807) is 7.11 Å². The molecule has 0 bridgehead atoms. The SMILES string of the molecule is COCCOC1(C)C=CC(c2ccccn2)=CC1. The summed E-state index contributed by atoms with van der Waals surface area (Å²) >= 11 is 0. The molecule has 0 amide bonds. The van der Waals surface area contributed by atoms with Gasteiger partial charge in [0.15, 0.2) is 0 Å². The summed E-state index contributed by atoms with van der Waals surface area (Å²) in [5, 5.41) is 0. The lowest BCUT2D eigenvalue weighted by atomic mass is 9.92. The molecule has 0 radical (unpaired) electrons. The van der Waals surface area contributed by atoms with Crippen LogP contribution in [0.2, 0.25) is 0 Å². The van der Waals surface area contributed by atoms with Gasteiger partial charge in [-0.15, -0.1) is 0 Å². The van der Waals surface area contributed by atoms with Crippen LogP contribution in [-0.2, 0) is 9.47 Å². The second kappa shape index (κ2) is 5.94. The molecule has 18 heavy (non-hydrogen) atoms. The quantitative estimate of drug-likeness (QED) is 0.747. The summed E-state index contributed by atoms with van der Waals surface area (Å²) in [6.07, 6.45) is 9.03. The number of methoxy groups -OCH3 is 1. The molecule has 1 aromatic rings. The van der Waals surface area contributed by atoms with Crippen molar-refractivity contribution < 1.29 is 9.47 Å². The molecule has 3 nitrogen and oxygen atoms in total. The van der Waals surface area contributed by atoms with Crippen LogP contribution >= 0.6 is 0 Å². The average Bonchev–Trinajstić information content (AvgIpc) is 2.41. The van der Waals surface area contributed by atoms with Gasteiger partial charge < -0.3 is 9.47 Å². The molecule has 3 heteroatoms. The predicted octanol–water partition coefficient (Wildman–Crippen LogP) is 2.85. The molecular weight excluding hydrogens is 226 g/mol. The van der Waals surface area contributed by atoms with E-state index in [2.05, 4.69) is 30.1 Å². The highest BCUT2D eigenvalue weighted by Gasteiger charge is 2.23. The van der Waals surface area contributed by atoms with Crippen LogP contribution < -0.4 is 0 Å². The van der Waals surface area contributed by atoms with Gasteiger partial charge in [0.1, 0.15) is 0 Å².